The normalized spacial score (nSPS) is 10.5. The van der Waals surface area contributed by atoms with Crippen molar-refractivity contribution in [3.63, 3.8) is 0 Å². The van der Waals surface area contributed by atoms with Crippen LogP contribution < -0.4 is 10.1 Å². The van der Waals surface area contributed by atoms with E-state index in [1.54, 1.807) is 19.2 Å². The number of aromatic nitrogens is 1. The summed E-state index contributed by atoms with van der Waals surface area (Å²) in [6, 6.07) is 16.6. The van der Waals surface area contributed by atoms with Crippen molar-refractivity contribution in [3.8, 4) is 17.1 Å². The Morgan fingerprint density at radius 1 is 1.20 bits per heavy atom. The van der Waals surface area contributed by atoms with Crippen molar-refractivity contribution in [3.05, 3.63) is 70.9 Å². The highest BCUT2D eigenvalue weighted by atomic mass is 35.5. The second-order valence-corrected chi connectivity index (χ2v) is 5.87. The summed E-state index contributed by atoms with van der Waals surface area (Å²) in [6.45, 7) is 0.288. The lowest BCUT2D eigenvalue weighted by atomic mass is 10.1. The molecular weight excluding hydrogens is 340 g/mol. The van der Waals surface area contributed by atoms with Gasteiger partial charge in [0.25, 0.3) is 0 Å². The molecule has 0 fully saturated rings. The van der Waals surface area contributed by atoms with Crippen LogP contribution in [0.4, 0.5) is 0 Å². The summed E-state index contributed by atoms with van der Waals surface area (Å²) in [5.41, 5.74) is 2.30. The monoisotopic (exact) mass is 356 g/mol. The molecule has 1 heterocycles. The van der Waals surface area contributed by atoms with Gasteiger partial charge in [-0.1, -0.05) is 47.1 Å². The Labute approximate surface area is 150 Å². The lowest BCUT2D eigenvalue weighted by molar-refractivity contribution is -0.120. The largest absolute Gasteiger partial charge is 0.497 e. The molecule has 128 valence electrons. The average Bonchev–Trinajstić information content (AvgIpc) is 3.11. The zero-order valence-electron chi connectivity index (χ0n) is 13.7. The van der Waals surface area contributed by atoms with Crippen LogP contribution in [0.25, 0.3) is 11.3 Å². The van der Waals surface area contributed by atoms with Crippen molar-refractivity contribution in [2.24, 2.45) is 0 Å². The molecule has 1 N–H and O–H groups in total. The maximum Gasteiger partial charge on any atom is 0.224 e. The predicted molar refractivity (Wildman–Crippen MR) is 95.5 cm³/mol. The highest BCUT2D eigenvalue weighted by Gasteiger charge is 2.10. The number of ether oxygens (including phenoxy) is 1. The van der Waals surface area contributed by atoms with Gasteiger partial charge >= 0.3 is 0 Å². The van der Waals surface area contributed by atoms with Gasteiger partial charge < -0.3 is 14.6 Å². The summed E-state index contributed by atoms with van der Waals surface area (Å²) in [7, 11) is 1.61. The minimum atomic E-state index is -0.126. The molecule has 5 nitrogen and oxygen atoms in total. The fourth-order valence-electron chi connectivity index (χ4n) is 2.37. The van der Waals surface area contributed by atoms with Crippen LogP contribution in [0.2, 0.25) is 5.02 Å². The smallest absolute Gasteiger partial charge is 0.224 e. The first kappa shape index (κ1) is 17.0. The Morgan fingerprint density at radius 2 is 2.04 bits per heavy atom. The number of nitrogens with one attached hydrogen (secondary N) is 1. The average molecular weight is 357 g/mol. The fraction of sp³-hybridized carbons (Fsp3) is 0.158. The van der Waals surface area contributed by atoms with E-state index in [0.717, 1.165) is 16.9 Å². The molecule has 3 rings (SSSR count). The topological polar surface area (TPSA) is 64.4 Å². The highest BCUT2D eigenvalue weighted by molar-refractivity contribution is 6.31. The molecule has 0 atom stereocenters. The summed E-state index contributed by atoms with van der Waals surface area (Å²) in [5, 5.41) is 7.39. The standard InChI is InChI=1S/C19H17ClN2O3/c1-24-16-7-4-6-14(9-16)18-11-15(22-25-18)12-21-19(23)10-13-5-2-3-8-17(13)20/h2-9,11H,10,12H2,1H3,(H,21,23). The van der Waals surface area contributed by atoms with Crippen molar-refractivity contribution >= 4 is 17.5 Å². The molecule has 1 aromatic heterocycles. The SMILES string of the molecule is COc1cccc(-c2cc(CNC(=O)Cc3ccccc3Cl)no2)c1. The quantitative estimate of drug-likeness (QED) is 0.728. The molecule has 0 saturated heterocycles. The second kappa shape index (κ2) is 7.85. The molecule has 1 amide bonds. The molecule has 0 saturated carbocycles. The van der Waals surface area contributed by atoms with E-state index in [0.29, 0.717) is 16.5 Å². The number of nitrogens with zero attached hydrogens (tertiary/aromatic N) is 1. The summed E-state index contributed by atoms with van der Waals surface area (Å²) < 4.78 is 10.5. The third-order valence-corrected chi connectivity index (χ3v) is 4.06. The minimum absolute atomic E-state index is 0.126. The number of carbonyl (C=O) groups excluding carboxylic acids is 1. The zero-order chi connectivity index (χ0) is 17.6. The van der Waals surface area contributed by atoms with Crippen LogP contribution >= 0.6 is 11.6 Å². The fourth-order valence-corrected chi connectivity index (χ4v) is 2.58. The molecule has 25 heavy (non-hydrogen) atoms. The van der Waals surface area contributed by atoms with Crippen LogP contribution in [0.15, 0.2) is 59.1 Å². The number of carbonyl (C=O) groups is 1. The molecule has 0 spiro atoms. The van der Waals surface area contributed by atoms with Gasteiger partial charge in [0.2, 0.25) is 5.91 Å². The number of hydrogen-bond acceptors (Lipinski definition) is 4. The van der Waals surface area contributed by atoms with Crippen molar-refractivity contribution in [2.75, 3.05) is 7.11 Å². The minimum Gasteiger partial charge on any atom is -0.497 e. The van der Waals surface area contributed by atoms with E-state index in [9.17, 15) is 4.79 Å². The van der Waals surface area contributed by atoms with E-state index >= 15 is 0 Å². The number of amides is 1. The number of methoxy groups -OCH3 is 1. The van der Waals surface area contributed by atoms with E-state index in [2.05, 4.69) is 10.5 Å². The summed E-state index contributed by atoms with van der Waals surface area (Å²) in [5.74, 6) is 1.23. The van der Waals surface area contributed by atoms with Crippen molar-refractivity contribution < 1.29 is 14.1 Å². The van der Waals surface area contributed by atoms with Gasteiger partial charge in [0.1, 0.15) is 11.4 Å². The lowest BCUT2D eigenvalue weighted by Crippen LogP contribution is -2.24. The Balaban J connectivity index is 1.60. The number of hydrogen-bond donors (Lipinski definition) is 1. The van der Waals surface area contributed by atoms with Gasteiger partial charge in [-0.05, 0) is 23.8 Å². The van der Waals surface area contributed by atoms with Gasteiger partial charge in [-0.25, -0.2) is 0 Å². The third kappa shape index (κ3) is 4.39. The molecule has 3 aromatic rings. The van der Waals surface area contributed by atoms with Crippen LogP contribution in [-0.2, 0) is 17.8 Å². The van der Waals surface area contributed by atoms with Crippen molar-refractivity contribution in [2.45, 2.75) is 13.0 Å². The first-order valence-corrected chi connectivity index (χ1v) is 8.13. The Morgan fingerprint density at radius 3 is 2.84 bits per heavy atom. The number of benzene rings is 2. The maximum absolute atomic E-state index is 12.1. The van der Waals surface area contributed by atoms with Gasteiger partial charge in [0.05, 0.1) is 20.1 Å². The summed E-state index contributed by atoms with van der Waals surface area (Å²) in [6.07, 6.45) is 0.222. The van der Waals surface area contributed by atoms with Gasteiger partial charge in [0, 0.05) is 16.7 Å². The molecule has 0 aliphatic rings. The third-order valence-electron chi connectivity index (χ3n) is 3.69. The molecular formula is C19H17ClN2O3. The number of halogens is 1. The van der Waals surface area contributed by atoms with E-state index < -0.39 is 0 Å². The van der Waals surface area contributed by atoms with Crippen LogP contribution in [-0.4, -0.2) is 18.2 Å². The van der Waals surface area contributed by atoms with Gasteiger partial charge in [-0.3, -0.25) is 4.79 Å². The van der Waals surface area contributed by atoms with Gasteiger partial charge in [0.15, 0.2) is 5.76 Å². The molecule has 0 aliphatic carbocycles. The molecule has 0 unspecified atom stereocenters. The predicted octanol–water partition coefficient (Wildman–Crippen LogP) is 3.86. The van der Waals surface area contributed by atoms with E-state index in [4.69, 9.17) is 20.9 Å². The van der Waals surface area contributed by atoms with Crippen LogP contribution in [0, 0.1) is 0 Å². The van der Waals surface area contributed by atoms with Crippen LogP contribution in [0.3, 0.4) is 0 Å². The Bertz CT molecular complexity index is 876. The van der Waals surface area contributed by atoms with Crippen molar-refractivity contribution in [1.29, 1.82) is 0 Å². The van der Waals surface area contributed by atoms with Gasteiger partial charge in [-0.2, -0.15) is 0 Å². The highest BCUT2D eigenvalue weighted by Crippen LogP contribution is 2.24. The second-order valence-electron chi connectivity index (χ2n) is 5.46. The molecule has 6 heteroatoms. The summed E-state index contributed by atoms with van der Waals surface area (Å²) >= 11 is 6.06. The Kier molecular flexibility index (Phi) is 5.36. The maximum atomic E-state index is 12.1. The molecule has 0 radical (unpaired) electrons. The van der Waals surface area contributed by atoms with Crippen LogP contribution in [0.5, 0.6) is 5.75 Å². The number of rotatable bonds is 6. The Hall–Kier alpha value is -2.79. The zero-order valence-corrected chi connectivity index (χ0v) is 14.4. The molecule has 0 aliphatic heterocycles. The first-order chi connectivity index (χ1) is 12.2. The van der Waals surface area contributed by atoms with E-state index in [-0.39, 0.29) is 18.9 Å². The first-order valence-electron chi connectivity index (χ1n) is 7.76. The summed E-state index contributed by atoms with van der Waals surface area (Å²) in [4.78, 5) is 12.1. The van der Waals surface area contributed by atoms with E-state index in [1.807, 2.05) is 42.5 Å². The van der Waals surface area contributed by atoms with Crippen molar-refractivity contribution in [1.82, 2.24) is 10.5 Å². The van der Waals surface area contributed by atoms with Gasteiger partial charge in [-0.15, -0.1) is 0 Å². The lowest BCUT2D eigenvalue weighted by Gasteiger charge is -2.04. The molecule has 0 bridgehead atoms. The molecule has 2 aromatic carbocycles. The van der Waals surface area contributed by atoms with Crippen LogP contribution in [0.1, 0.15) is 11.3 Å². The van der Waals surface area contributed by atoms with E-state index in [1.165, 1.54) is 0 Å².